The van der Waals surface area contributed by atoms with Crippen LogP contribution in [-0.2, 0) is 14.2 Å². The van der Waals surface area contributed by atoms with Gasteiger partial charge in [0.15, 0.2) is 0 Å². The summed E-state index contributed by atoms with van der Waals surface area (Å²) in [5.41, 5.74) is -5.87. The van der Waals surface area contributed by atoms with E-state index >= 15 is 0 Å². The van der Waals surface area contributed by atoms with Crippen LogP contribution in [0.1, 0.15) is 26.2 Å². The molecule has 1 spiro atoms. The van der Waals surface area contributed by atoms with E-state index in [2.05, 4.69) is 0 Å². The van der Waals surface area contributed by atoms with Crippen LogP contribution in [0.3, 0.4) is 0 Å². The Hall–Kier alpha value is -0.360. The van der Waals surface area contributed by atoms with E-state index in [9.17, 15) is 25.5 Å². The Labute approximate surface area is 188 Å². The summed E-state index contributed by atoms with van der Waals surface area (Å²) in [6.45, 7) is 2.60. The highest BCUT2D eigenvalue weighted by Crippen LogP contribution is 2.78. The van der Waals surface area contributed by atoms with Crippen LogP contribution in [-0.4, -0.2) is 118 Å². The first-order valence-electron chi connectivity index (χ1n) is 12.0. The summed E-state index contributed by atoms with van der Waals surface area (Å²) in [4.78, 5) is 1.96. The minimum atomic E-state index is -1.78. The second-order valence-corrected chi connectivity index (χ2v) is 11.3. The Kier molecular flexibility index (Phi) is 4.45. The molecule has 7 bridgehead atoms. The first-order chi connectivity index (χ1) is 15.1. The highest BCUT2D eigenvalue weighted by atomic mass is 16.5. The van der Waals surface area contributed by atoms with E-state index in [1.54, 1.807) is 14.2 Å². The number of likely N-dealkylation sites (N-methyl/N-ethyl adjacent to an activating group) is 1. The molecule has 182 valence electrons. The fraction of sp³-hybridized carbons (Fsp3) is 1.00. The number of piperidine rings is 1. The molecule has 5 aliphatic carbocycles. The summed E-state index contributed by atoms with van der Waals surface area (Å²) in [6.07, 6.45) is -2.79. The minimum Gasteiger partial charge on any atom is -0.392 e. The lowest BCUT2D eigenvalue weighted by Crippen LogP contribution is -2.83. The van der Waals surface area contributed by atoms with Crippen molar-refractivity contribution in [1.82, 2.24) is 4.90 Å². The van der Waals surface area contributed by atoms with E-state index in [-0.39, 0.29) is 43.4 Å². The Morgan fingerprint density at radius 3 is 2.28 bits per heavy atom. The Bertz CT molecular complexity index is 815. The van der Waals surface area contributed by atoms with Gasteiger partial charge in [-0.1, -0.05) is 6.92 Å². The third kappa shape index (κ3) is 1.92. The van der Waals surface area contributed by atoms with Crippen LogP contribution in [0.25, 0.3) is 0 Å². The van der Waals surface area contributed by atoms with Gasteiger partial charge in [-0.05, 0) is 18.9 Å². The average Bonchev–Trinajstić information content (AvgIpc) is 3.19. The molecule has 0 aromatic carbocycles. The van der Waals surface area contributed by atoms with Gasteiger partial charge in [0.1, 0.15) is 16.8 Å². The van der Waals surface area contributed by atoms with Crippen molar-refractivity contribution >= 4 is 0 Å². The molecule has 0 radical (unpaired) electrons. The fourth-order valence-corrected chi connectivity index (χ4v) is 10.3. The normalized spacial score (nSPS) is 64.8. The predicted molar refractivity (Wildman–Crippen MR) is 111 cm³/mol. The van der Waals surface area contributed by atoms with E-state index in [4.69, 9.17) is 14.2 Å². The Balaban J connectivity index is 1.68. The van der Waals surface area contributed by atoms with Crippen LogP contribution >= 0.6 is 0 Å². The van der Waals surface area contributed by atoms with Crippen LogP contribution in [0.4, 0.5) is 0 Å². The second kappa shape index (κ2) is 6.44. The first kappa shape index (κ1) is 22.1. The summed E-state index contributed by atoms with van der Waals surface area (Å²) in [7, 11) is 4.73. The zero-order chi connectivity index (χ0) is 23.0. The van der Waals surface area contributed by atoms with Gasteiger partial charge in [-0.2, -0.15) is 0 Å². The molecule has 5 N–H and O–H groups in total. The fourth-order valence-electron chi connectivity index (χ4n) is 10.3. The lowest BCUT2D eigenvalue weighted by molar-refractivity contribution is -0.329. The van der Waals surface area contributed by atoms with Crippen molar-refractivity contribution in [2.24, 2.45) is 29.1 Å². The molecule has 1 aliphatic heterocycles. The lowest BCUT2D eigenvalue weighted by Gasteiger charge is -2.69. The summed E-state index contributed by atoms with van der Waals surface area (Å²) in [5.74, 6) is -1.35. The maximum absolute atomic E-state index is 12.7. The van der Waals surface area contributed by atoms with Gasteiger partial charge in [0.05, 0.1) is 36.6 Å². The molecule has 6 fully saturated rings. The van der Waals surface area contributed by atoms with Crippen LogP contribution in [0.5, 0.6) is 0 Å². The molecule has 0 amide bonds. The first-order valence-corrected chi connectivity index (χ1v) is 12.0. The predicted octanol–water partition coefficient (Wildman–Crippen LogP) is -1.66. The topological polar surface area (TPSA) is 132 Å². The molecule has 9 nitrogen and oxygen atoms in total. The molecule has 32 heavy (non-hydrogen) atoms. The van der Waals surface area contributed by atoms with Crippen molar-refractivity contribution in [3.05, 3.63) is 0 Å². The number of aliphatic hydroxyl groups is 5. The van der Waals surface area contributed by atoms with Crippen LogP contribution in [0.15, 0.2) is 0 Å². The Morgan fingerprint density at radius 1 is 0.969 bits per heavy atom. The summed E-state index contributed by atoms with van der Waals surface area (Å²) in [5, 5.41) is 60.0. The quantitative estimate of drug-likeness (QED) is 0.338. The highest BCUT2D eigenvalue weighted by molar-refractivity contribution is 5.42. The third-order valence-electron chi connectivity index (χ3n) is 11.0. The lowest BCUT2D eigenvalue weighted by atomic mass is 9.44. The molecule has 5 saturated carbocycles. The van der Waals surface area contributed by atoms with Gasteiger partial charge in [-0.3, -0.25) is 4.90 Å². The standard InChI is InChI=1S/C23H37NO8/c1-5-24-9-20(27)13(25)7-14(26)22-11-6-10-12(30-2)8-21(28,15(11)16(10)31-3)23(29,19(22)24)18(32-4)17(20)22/h10-19,25-29H,5-9H2,1-4H3/t10-,11-,12+,13+,14+,15-,16+,17-,18+,19-,20+,21-,22+,23+/m1/s1. The Morgan fingerprint density at radius 2 is 1.69 bits per heavy atom. The monoisotopic (exact) mass is 455 g/mol. The molecular formula is C23H37NO8. The van der Waals surface area contributed by atoms with Gasteiger partial charge in [-0.25, -0.2) is 0 Å². The maximum atomic E-state index is 12.7. The van der Waals surface area contributed by atoms with E-state index in [0.29, 0.717) is 13.0 Å². The van der Waals surface area contributed by atoms with Gasteiger partial charge in [-0.15, -0.1) is 0 Å². The van der Waals surface area contributed by atoms with Gasteiger partial charge >= 0.3 is 0 Å². The van der Waals surface area contributed by atoms with Crippen LogP contribution in [0.2, 0.25) is 0 Å². The van der Waals surface area contributed by atoms with Crippen molar-refractivity contribution in [3.63, 3.8) is 0 Å². The molecule has 0 aromatic rings. The molecule has 1 heterocycles. The largest absolute Gasteiger partial charge is 0.392 e. The van der Waals surface area contributed by atoms with Crippen LogP contribution in [0, 0.1) is 29.1 Å². The summed E-state index contributed by atoms with van der Waals surface area (Å²) >= 11 is 0. The minimum absolute atomic E-state index is 0.0153. The summed E-state index contributed by atoms with van der Waals surface area (Å²) < 4.78 is 17.7. The zero-order valence-electron chi connectivity index (χ0n) is 19.2. The molecule has 6 rings (SSSR count). The number of nitrogens with zero attached hydrogens (tertiary/aromatic N) is 1. The molecule has 0 unspecified atom stereocenters. The highest BCUT2D eigenvalue weighted by Gasteiger charge is 2.92. The molecule has 1 saturated heterocycles. The number of fused-ring (bicyclic) bond motifs is 2. The van der Waals surface area contributed by atoms with Crippen molar-refractivity contribution in [1.29, 1.82) is 0 Å². The molecule has 14 atom stereocenters. The number of hydrogen-bond acceptors (Lipinski definition) is 9. The number of likely N-dealkylation sites (tertiary alicyclic amines) is 1. The van der Waals surface area contributed by atoms with Crippen molar-refractivity contribution in [2.75, 3.05) is 34.4 Å². The van der Waals surface area contributed by atoms with E-state index in [0.717, 1.165) is 0 Å². The van der Waals surface area contributed by atoms with Crippen molar-refractivity contribution in [2.45, 2.75) is 79.6 Å². The average molecular weight is 456 g/mol. The van der Waals surface area contributed by atoms with Crippen molar-refractivity contribution in [3.8, 4) is 0 Å². The van der Waals surface area contributed by atoms with Gasteiger partial charge in [0, 0.05) is 63.9 Å². The van der Waals surface area contributed by atoms with Gasteiger partial charge in [0.25, 0.3) is 0 Å². The van der Waals surface area contributed by atoms with E-state index in [1.807, 2.05) is 11.8 Å². The molecule has 0 aromatic heterocycles. The molecular weight excluding hydrogens is 418 g/mol. The summed E-state index contributed by atoms with van der Waals surface area (Å²) in [6, 6.07) is -0.615. The number of methoxy groups -OCH3 is 3. The number of ether oxygens (including phenoxy) is 3. The van der Waals surface area contributed by atoms with E-state index in [1.165, 1.54) is 7.11 Å². The van der Waals surface area contributed by atoms with Crippen LogP contribution < -0.4 is 0 Å². The van der Waals surface area contributed by atoms with E-state index < -0.39 is 58.4 Å². The number of rotatable bonds is 4. The number of aliphatic hydroxyl groups excluding tert-OH is 2. The smallest absolute Gasteiger partial charge is 0.136 e. The van der Waals surface area contributed by atoms with Gasteiger partial charge < -0.3 is 39.7 Å². The number of hydrogen-bond donors (Lipinski definition) is 5. The molecule has 6 aliphatic rings. The van der Waals surface area contributed by atoms with Crippen molar-refractivity contribution < 1.29 is 39.7 Å². The van der Waals surface area contributed by atoms with Gasteiger partial charge in [0.2, 0.25) is 0 Å². The SMILES string of the molecule is CCN1C[C@@]2(O)[C@H]3[C@H](OC)[C@]4(O)[C@H]1[C@@]3([C@@H]1C[C@H]3[C@H](OC)[C@@H]1[C@]4(O)C[C@@H]3OC)[C@@H](O)C[C@@H]2O. The third-order valence-corrected chi connectivity index (χ3v) is 11.0. The zero-order valence-corrected chi connectivity index (χ0v) is 19.2. The maximum Gasteiger partial charge on any atom is 0.136 e. The molecule has 9 heteroatoms. The number of β-amino-alcohol motifs (C(OH)–C–C–N with tert-alkyl or cyclic N) is 1. The second-order valence-electron chi connectivity index (χ2n) is 11.3.